The first-order valence-corrected chi connectivity index (χ1v) is 32.5. The van der Waals surface area contributed by atoms with Gasteiger partial charge in [0.2, 0.25) is 0 Å². The number of Topliss-reactive ketones (excluding diaryl/α,β-unsaturated/α-hetero) is 1. The number of esters is 1. The second-order valence-corrected chi connectivity index (χ2v) is 29.2. The molecule has 0 aromatic carbocycles. The van der Waals surface area contributed by atoms with Gasteiger partial charge in [-0.15, -0.1) is 0 Å². The van der Waals surface area contributed by atoms with Crippen LogP contribution in [-0.4, -0.2) is 267 Å². The molecular weight excluding hydrogens is 1200 g/mol. The van der Waals surface area contributed by atoms with Crippen LogP contribution in [0.1, 0.15) is 113 Å². The molecule has 6 saturated heterocycles. The number of aliphatic hydroxyl groups is 11. The summed E-state index contributed by atoms with van der Waals surface area (Å²) < 4.78 is 112. The van der Waals surface area contributed by atoms with Gasteiger partial charge >= 0.3 is 16.4 Å². The van der Waals surface area contributed by atoms with Gasteiger partial charge in [0.25, 0.3) is 0 Å². The van der Waals surface area contributed by atoms with Gasteiger partial charge in [-0.1, -0.05) is 59.6 Å². The molecule has 9 fully saturated rings. The molecular formula is C59H94O29S. The van der Waals surface area contributed by atoms with Crippen LogP contribution < -0.4 is 0 Å². The zero-order chi connectivity index (χ0) is 65.0. The van der Waals surface area contributed by atoms with E-state index in [9.17, 15) is 78.7 Å². The lowest BCUT2D eigenvalue weighted by Crippen LogP contribution is -2.68. The van der Waals surface area contributed by atoms with Gasteiger partial charge < -0.3 is 113 Å². The number of ketones is 1. The highest BCUT2D eigenvalue weighted by atomic mass is 32.3. The van der Waals surface area contributed by atoms with Crippen molar-refractivity contribution in [2.75, 3.05) is 33.5 Å². The SMILES string of the molecule is COC1C(O)C(CO)OC(OC2C(O)C(CO)OC(OC3C(C)OC(OC4C(OC5CCC6(C)C7CCC89C(=O)OC(C)(CCCC(C)C)C8C(=O)CC9(C)C7=CCC6C5(C)C)OCC(OS(=O)(=O)O)C4O)C(OC4OCC(O)C(O)C4O)C3O)C2O)C1O. The summed E-state index contributed by atoms with van der Waals surface area (Å²) in [5, 5.41) is 122. The van der Waals surface area contributed by atoms with Crippen molar-refractivity contribution in [1.29, 1.82) is 0 Å². The van der Waals surface area contributed by atoms with Gasteiger partial charge in [-0.05, 0) is 87.4 Å². The average Bonchev–Trinajstić information content (AvgIpc) is 1.55. The van der Waals surface area contributed by atoms with Gasteiger partial charge in [0.1, 0.15) is 115 Å². The van der Waals surface area contributed by atoms with Crippen molar-refractivity contribution in [1.82, 2.24) is 0 Å². The number of methoxy groups -OCH3 is 1. The number of cyclic esters (lactones) is 1. The third-order valence-electron chi connectivity index (χ3n) is 22.0. The Hall–Kier alpha value is -2.13. The van der Waals surface area contributed by atoms with Crippen LogP contribution in [0.25, 0.3) is 0 Å². The number of hydrogen-bond donors (Lipinski definition) is 12. The largest absolute Gasteiger partial charge is 0.458 e. The fraction of sp³-hybridized carbons (Fsp3) is 0.932. The summed E-state index contributed by atoms with van der Waals surface area (Å²) in [7, 11) is -4.10. The number of aliphatic hydroxyl groups excluding tert-OH is 11. The lowest BCUT2D eigenvalue weighted by molar-refractivity contribution is -0.403. The second-order valence-electron chi connectivity index (χ2n) is 28.1. The maximum Gasteiger partial charge on any atom is 0.397 e. The first kappa shape index (κ1) is 69.7. The van der Waals surface area contributed by atoms with Crippen LogP contribution >= 0.6 is 0 Å². The molecule has 30 heteroatoms. The van der Waals surface area contributed by atoms with Crippen molar-refractivity contribution in [3.05, 3.63) is 11.6 Å². The average molecular weight is 1300 g/mol. The Morgan fingerprint density at radius 3 is 1.89 bits per heavy atom. The Balaban J connectivity index is 0.907. The van der Waals surface area contributed by atoms with Crippen LogP contribution in [0.4, 0.5) is 0 Å². The van der Waals surface area contributed by atoms with Crippen LogP contribution in [0, 0.1) is 45.3 Å². The van der Waals surface area contributed by atoms with Crippen LogP contribution in [-0.2, 0) is 81.0 Å². The molecule has 0 aromatic heterocycles. The van der Waals surface area contributed by atoms with Crippen molar-refractivity contribution in [3.63, 3.8) is 0 Å². The van der Waals surface area contributed by atoms with E-state index in [2.05, 4.69) is 47.6 Å². The lowest BCUT2D eigenvalue weighted by atomic mass is 9.41. The Morgan fingerprint density at radius 2 is 1.26 bits per heavy atom. The van der Waals surface area contributed by atoms with E-state index >= 15 is 0 Å². The predicted molar refractivity (Wildman–Crippen MR) is 298 cm³/mol. The minimum absolute atomic E-state index is 0.0137. The van der Waals surface area contributed by atoms with E-state index in [1.165, 1.54) is 14.0 Å². The van der Waals surface area contributed by atoms with Crippen LogP contribution in [0.2, 0.25) is 0 Å². The first-order valence-electron chi connectivity index (χ1n) is 31.2. The summed E-state index contributed by atoms with van der Waals surface area (Å²) in [6, 6.07) is 0. The van der Waals surface area contributed by atoms with Crippen molar-refractivity contribution in [3.8, 4) is 0 Å². The highest BCUT2D eigenvalue weighted by Gasteiger charge is 2.79. The van der Waals surface area contributed by atoms with Gasteiger partial charge in [-0.25, -0.2) is 4.18 Å². The first-order chi connectivity index (χ1) is 41.7. The van der Waals surface area contributed by atoms with E-state index in [1.54, 1.807) is 0 Å². The quantitative estimate of drug-likeness (QED) is 0.0384. The van der Waals surface area contributed by atoms with Crippen molar-refractivity contribution in [2.45, 2.75) is 266 Å². The van der Waals surface area contributed by atoms with E-state index in [1.807, 2.05) is 6.92 Å². The second kappa shape index (κ2) is 26.1. The third-order valence-corrected chi connectivity index (χ3v) is 22.5. The van der Waals surface area contributed by atoms with E-state index in [0.29, 0.717) is 44.4 Å². The normalized spacial score (nSPS) is 50.8. The smallest absolute Gasteiger partial charge is 0.397 e. The molecule has 4 aliphatic carbocycles. The number of carbonyl (C=O) groups excluding carboxylic acids is 2. The van der Waals surface area contributed by atoms with Gasteiger partial charge in [-0.2, -0.15) is 8.42 Å². The highest BCUT2D eigenvalue weighted by Crippen LogP contribution is 2.75. The molecule has 6 aliphatic heterocycles. The number of rotatable bonds is 19. The van der Waals surface area contributed by atoms with Gasteiger partial charge in [0.05, 0.1) is 50.0 Å². The molecule has 510 valence electrons. The molecule has 1 spiro atoms. The summed E-state index contributed by atoms with van der Waals surface area (Å²) in [4.78, 5) is 28.9. The zero-order valence-corrected chi connectivity index (χ0v) is 52.5. The van der Waals surface area contributed by atoms with Crippen LogP contribution in [0.5, 0.6) is 0 Å². The van der Waals surface area contributed by atoms with E-state index in [0.717, 1.165) is 18.4 Å². The predicted octanol–water partition coefficient (Wildman–Crippen LogP) is -1.84. The van der Waals surface area contributed by atoms with Crippen molar-refractivity contribution in [2.24, 2.45) is 45.3 Å². The minimum Gasteiger partial charge on any atom is -0.458 e. The van der Waals surface area contributed by atoms with Crippen molar-refractivity contribution < 1.29 is 140 Å². The molecule has 0 aromatic rings. The topological polar surface area (TPSA) is 431 Å². The minimum atomic E-state index is -5.27. The van der Waals surface area contributed by atoms with Crippen LogP contribution in [0.15, 0.2) is 11.6 Å². The Morgan fingerprint density at radius 1 is 0.663 bits per heavy atom. The molecule has 89 heavy (non-hydrogen) atoms. The summed E-state index contributed by atoms with van der Waals surface area (Å²) in [6.07, 6.45) is -33.9. The molecule has 29 nitrogen and oxygen atoms in total. The molecule has 10 aliphatic rings. The molecule has 6 heterocycles. The summed E-state index contributed by atoms with van der Waals surface area (Å²) >= 11 is 0. The molecule has 31 atom stereocenters. The van der Waals surface area contributed by atoms with Crippen LogP contribution in [0.3, 0.4) is 0 Å². The number of fused-ring (bicyclic) bond motifs is 4. The Labute approximate surface area is 517 Å². The number of hydrogen-bond acceptors (Lipinski definition) is 28. The lowest BCUT2D eigenvalue weighted by Gasteiger charge is -2.63. The molecule has 0 amide bonds. The van der Waals surface area contributed by atoms with E-state index in [4.69, 9.17) is 61.0 Å². The zero-order valence-electron chi connectivity index (χ0n) is 51.7. The number of ether oxygens (including phenoxy) is 12. The molecule has 31 unspecified atom stereocenters. The Bertz CT molecular complexity index is 2650. The summed E-state index contributed by atoms with van der Waals surface area (Å²) in [5.74, 6) is -0.434. The van der Waals surface area contributed by atoms with Gasteiger partial charge in [0.15, 0.2) is 31.5 Å². The Kier molecular flexibility index (Phi) is 20.5. The molecule has 12 N–H and O–H groups in total. The summed E-state index contributed by atoms with van der Waals surface area (Å²) in [6.45, 7) is 13.1. The van der Waals surface area contributed by atoms with Gasteiger partial charge in [0, 0.05) is 18.9 Å². The van der Waals surface area contributed by atoms with Crippen molar-refractivity contribution >= 4 is 22.2 Å². The van der Waals surface area contributed by atoms with E-state index < -0.39 is 212 Å². The number of allylic oxidation sites excluding steroid dienone is 2. The standard InChI is InChI=1S/C59H94O29S/c1-24(2)11-10-16-58(8)48-28(62)19-57(7)27-12-13-33-55(4,5)34(15-17-56(33,6)26(27)14-18-59(48,57)54(72)87-58)82-52-46(38(67)32(23-78-52)88-89(73,74)75)86-53-47(85-49-39(68)35(64)29(63)22-77-49)40(69)43(25(3)79-53)83-51-42(71)45(37(66)31(21-61)81-51)84-50-41(70)44(76-9)36(65)30(20-60)80-50/h12,24-26,29-53,60-61,63-71H,10-11,13-23H2,1-9H3,(H,73,74,75). The fourth-order valence-electron chi connectivity index (χ4n) is 17.4. The fourth-order valence-corrected chi connectivity index (χ4v) is 17.8. The monoisotopic (exact) mass is 1300 g/mol. The third kappa shape index (κ3) is 12.3. The van der Waals surface area contributed by atoms with E-state index in [-0.39, 0.29) is 35.4 Å². The summed E-state index contributed by atoms with van der Waals surface area (Å²) in [5.41, 5.74) is -2.64. The highest BCUT2D eigenvalue weighted by molar-refractivity contribution is 7.80. The molecule has 10 rings (SSSR count). The molecule has 0 radical (unpaired) electrons. The maximum absolute atomic E-state index is 14.5. The van der Waals surface area contributed by atoms with Gasteiger partial charge in [-0.3, -0.25) is 14.1 Å². The maximum atomic E-state index is 14.5. The molecule has 0 bridgehead atoms. The number of carbonyl (C=O) groups is 2. The molecule has 3 saturated carbocycles.